The van der Waals surface area contributed by atoms with E-state index in [9.17, 15) is 4.79 Å². The highest BCUT2D eigenvalue weighted by atomic mass is 16.5. The zero-order valence-electron chi connectivity index (χ0n) is 12.5. The lowest BCUT2D eigenvalue weighted by Gasteiger charge is -2.12. The molecule has 4 heteroatoms. The number of rotatable bonds is 3. The second-order valence-electron chi connectivity index (χ2n) is 5.03. The molecule has 0 unspecified atom stereocenters. The molecule has 1 N–H and O–H groups in total. The third-order valence-corrected chi connectivity index (χ3v) is 3.49. The number of fused-ring (bicyclic) bond motifs is 1. The molecule has 1 aromatic heterocycles. The summed E-state index contributed by atoms with van der Waals surface area (Å²) in [4.78, 5) is 16.9. The number of nitrogens with one attached hydrogen (secondary N) is 1. The maximum Gasteiger partial charge on any atom is 0.256 e. The topological polar surface area (TPSA) is 51.2 Å². The van der Waals surface area contributed by atoms with E-state index in [0.717, 1.165) is 16.5 Å². The van der Waals surface area contributed by atoms with E-state index >= 15 is 0 Å². The largest absolute Gasteiger partial charge is 0.495 e. The molecule has 2 aromatic carbocycles. The predicted molar refractivity (Wildman–Crippen MR) is 87.4 cm³/mol. The molecule has 0 radical (unpaired) electrons. The van der Waals surface area contributed by atoms with Crippen molar-refractivity contribution in [1.82, 2.24) is 4.98 Å². The molecule has 4 nitrogen and oxygen atoms in total. The number of aromatic nitrogens is 1. The number of pyridine rings is 1. The molecule has 1 amide bonds. The normalized spacial score (nSPS) is 10.5. The number of amides is 1. The van der Waals surface area contributed by atoms with Gasteiger partial charge in [-0.15, -0.1) is 0 Å². The van der Waals surface area contributed by atoms with Crippen molar-refractivity contribution >= 4 is 22.5 Å². The van der Waals surface area contributed by atoms with Crippen LogP contribution in [0.15, 0.2) is 54.7 Å². The second-order valence-corrected chi connectivity index (χ2v) is 5.03. The first-order valence-corrected chi connectivity index (χ1v) is 6.99. The number of aryl methyl sites for hydroxylation is 1. The number of nitrogens with zero attached hydrogens (tertiary/aromatic N) is 1. The van der Waals surface area contributed by atoms with Crippen LogP contribution in [0.5, 0.6) is 5.75 Å². The average molecular weight is 292 g/mol. The first-order valence-electron chi connectivity index (χ1n) is 6.99. The summed E-state index contributed by atoms with van der Waals surface area (Å²) in [5.74, 6) is 0.458. The van der Waals surface area contributed by atoms with E-state index in [1.54, 1.807) is 19.4 Å². The van der Waals surface area contributed by atoms with Crippen LogP contribution in [0.4, 0.5) is 5.69 Å². The standard InChI is InChI=1S/C18H16N2O2/c1-12-8-9-17(22-2)16(11-12)20-18(21)14-5-3-7-15-13(14)6-4-10-19-15/h3-11H,1-2H3,(H,20,21). The van der Waals surface area contributed by atoms with Crippen LogP contribution in [0.2, 0.25) is 0 Å². The molecule has 0 saturated carbocycles. The minimum Gasteiger partial charge on any atom is -0.495 e. The van der Waals surface area contributed by atoms with Crippen molar-refractivity contribution in [2.45, 2.75) is 6.92 Å². The Bertz CT molecular complexity index is 838. The molecule has 0 fully saturated rings. The summed E-state index contributed by atoms with van der Waals surface area (Å²) in [7, 11) is 1.59. The molecule has 0 bridgehead atoms. The number of hydrogen-bond acceptors (Lipinski definition) is 3. The predicted octanol–water partition coefficient (Wildman–Crippen LogP) is 3.80. The highest BCUT2D eigenvalue weighted by Crippen LogP contribution is 2.26. The summed E-state index contributed by atoms with van der Waals surface area (Å²) >= 11 is 0. The van der Waals surface area contributed by atoms with Gasteiger partial charge in [0.05, 0.1) is 18.3 Å². The van der Waals surface area contributed by atoms with Crippen LogP contribution < -0.4 is 10.1 Å². The van der Waals surface area contributed by atoms with Crippen molar-refractivity contribution in [3.05, 3.63) is 65.9 Å². The van der Waals surface area contributed by atoms with Gasteiger partial charge in [0, 0.05) is 17.1 Å². The Hall–Kier alpha value is -2.88. The molecule has 3 rings (SSSR count). The fourth-order valence-corrected chi connectivity index (χ4v) is 2.41. The molecular weight excluding hydrogens is 276 g/mol. The van der Waals surface area contributed by atoms with Crippen molar-refractivity contribution in [3.8, 4) is 5.75 Å². The van der Waals surface area contributed by atoms with Crippen LogP contribution in [0, 0.1) is 6.92 Å². The summed E-state index contributed by atoms with van der Waals surface area (Å²) in [5.41, 5.74) is 3.10. The summed E-state index contributed by atoms with van der Waals surface area (Å²) in [5, 5.41) is 3.75. The van der Waals surface area contributed by atoms with E-state index < -0.39 is 0 Å². The second kappa shape index (κ2) is 5.85. The molecule has 0 spiro atoms. The Morgan fingerprint density at radius 1 is 1.14 bits per heavy atom. The van der Waals surface area contributed by atoms with Crippen LogP contribution in [-0.2, 0) is 0 Å². The number of ether oxygens (including phenoxy) is 1. The third kappa shape index (κ3) is 2.63. The van der Waals surface area contributed by atoms with Crippen LogP contribution >= 0.6 is 0 Å². The molecule has 110 valence electrons. The minimum absolute atomic E-state index is 0.178. The van der Waals surface area contributed by atoms with Crippen molar-refractivity contribution in [2.24, 2.45) is 0 Å². The van der Waals surface area contributed by atoms with Gasteiger partial charge in [0.25, 0.3) is 5.91 Å². The van der Waals surface area contributed by atoms with Gasteiger partial charge in [0.1, 0.15) is 5.75 Å². The van der Waals surface area contributed by atoms with Gasteiger partial charge in [-0.1, -0.05) is 18.2 Å². The van der Waals surface area contributed by atoms with Gasteiger partial charge in [0.2, 0.25) is 0 Å². The van der Waals surface area contributed by atoms with Crippen LogP contribution in [-0.4, -0.2) is 18.0 Å². The van der Waals surface area contributed by atoms with Crippen LogP contribution in [0.25, 0.3) is 10.9 Å². The number of carbonyl (C=O) groups excluding carboxylic acids is 1. The highest BCUT2D eigenvalue weighted by molar-refractivity contribution is 6.12. The van der Waals surface area contributed by atoms with E-state index in [0.29, 0.717) is 17.0 Å². The zero-order valence-corrected chi connectivity index (χ0v) is 12.5. The van der Waals surface area contributed by atoms with Gasteiger partial charge in [-0.05, 0) is 42.8 Å². The molecule has 1 heterocycles. The SMILES string of the molecule is COc1ccc(C)cc1NC(=O)c1cccc2ncccc12. The third-order valence-electron chi connectivity index (χ3n) is 3.49. The molecule has 0 aliphatic carbocycles. The van der Waals surface area contributed by atoms with Gasteiger partial charge < -0.3 is 10.1 Å². The van der Waals surface area contributed by atoms with Gasteiger partial charge in [-0.2, -0.15) is 0 Å². The molecule has 0 atom stereocenters. The summed E-state index contributed by atoms with van der Waals surface area (Å²) in [6.07, 6.45) is 1.72. The molecular formula is C18H16N2O2. The van der Waals surface area contributed by atoms with Crippen LogP contribution in [0.1, 0.15) is 15.9 Å². The van der Waals surface area contributed by atoms with Crippen molar-refractivity contribution in [1.29, 1.82) is 0 Å². The molecule has 3 aromatic rings. The molecule has 0 aliphatic rings. The zero-order chi connectivity index (χ0) is 15.5. The van der Waals surface area contributed by atoms with Crippen molar-refractivity contribution in [3.63, 3.8) is 0 Å². The van der Waals surface area contributed by atoms with E-state index in [-0.39, 0.29) is 5.91 Å². The number of anilines is 1. The highest BCUT2D eigenvalue weighted by Gasteiger charge is 2.13. The monoisotopic (exact) mass is 292 g/mol. The van der Waals surface area contributed by atoms with Crippen molar-refractivity contribution < 1.29 is 9.53 Å². The summed E-state index contributed by atoms with van der Waals surface area (Å²) in [6.45, 7) is 1.97. The number of methoxy groups -OCH3 is 1. The van der Waals surface area contributed by atoms with Gasteiger partial charge in [-0.25, -0.2) is 0 Å². The van der Waals surface area contributed by atoms with E-state index in [1.165, 1.54) is 0 Å². The molecule has 0 aliphatic heterocycles. The molecule has 0 saturated heterocycles. The lowest BCUT2D eigenvalue weighted by molar-refractivity contribution is 0.102. The average Bonchev–Trinajstić information content (AvgIpc) is 2.54. The fourth-order valence-electron chi connectivity index (χ4n) is 2.41. The number of hydrogen-bond donors (Lipinski definition) is 1. The molecule has 22 heavy (non-hydrogen) atoms. The van der Waals surface area contributed by atoms with E-state index in [2.05, 4.69) is 10.3 Å². The summed E-state index contributed by atoms with van der Waals surface area (Å²) < 4.78 is 5.30. The number of carbonyl (C=O) groups is 1. The number of benzene rings is 2. The Labute approximate surface area is 128 Å². The maximum absolute atomic E-state index is 12.6. The lowest BCUT2D eigenvalue weighted by Crippen LogP contribution is -2.13. The Morgan fingerprint density at radius 3 is 2.82 bits per heavy atom. The van der Waals surface area contributed by atoms with Crippen molar-refractivity contribution in [2.75, 3.05) is 12.4 Å². The first-order chi connectivity index (χ1) is 10.7. The van der Waals surface area contributed by atoms with Crippen LogP contribution in [0.3, 0.4) is 0 Å². The fraction of sp³-hybridized carbons (Fsp3) is 0.111. The lowest BCUT2D eigenvalue weighted by atomic mass is 10.1. The van der Waals surface area contributed by atoms with Gasteiger partial charge in [-0.3, -0.25) is 9.78 Å². The Morgan fingerprint density at radius 2 is 2.00 bits per heavy atom. The quantitative estimate of drug-likeness (QED) is 0.798. The first kappa shape index (κ1) is 14.1. The van der Waals surface area contributed by atoms with E-state index in [1.807, 2.05) is 49.4 Å². The van der Waals surface area contributed by atoms with Gasteiger partial charge in [0.15, 0.2) is 0 Å². The van der Waals surface area contributed by atoms with E-state index in [4.69, 9.17) is 4.74 Å². The smallest absolute Gasteiger partial charge is 0.256 e. The Kier molecular flexibility index (Phi) is 3.74. The van der Waals surface area contributed by atoms with Gasteiger partial charge >= 0.3 is 0 Å². The summed E-state index contributed by atoms with van der Waals surface area (Å²) in [6, 6.07) is 14.9. The Balaban J connectivity index is 1.99. The minimum atomic E-state index is -0.178. The maximum atomic E-state index is 12.6.